The summed E-state index contributed by atoms with van der Waals surface area (Å²) in [5.74, 6) is 1.44. The van der Waals surface area contributed by atoms with E-state index in [1.165, 1.54) is 48.9 Å². The highest BCUT2D eigenvalue weighted by molar-refractivity contribution is 5.48. The fourth-order valence-corrected chi connectivity index (χ4v) is 4.04. The van der Waals surface area contributed by atoms with Gasteiger partial charge in [-0.15, -0.1) is 0 Å². The van der Waals surface area contributed by atoms with Crippen molar-refractivity contribution in [3.05, 3.63) is 28.8 Å². The van der Waals surface area contributed by atoms with E-state index in [0.29, 0.717) is 5.92 Å². The monoisotopic (exact) mass is 302 g/mol. The van der Waals surface area contributed by atoms with Gasteiger partial charge in [-0.3, -0.25) is 4.90 Å². The lowest BCUT2D eigenvalue weighted by molar-refractivity contribution is 0.0848. The van der Waals surface area contributed by atoms with Crippen LogP contribution in [-0.2, 0) is 0 Å². The lowest BCUT2D eigenvalue weighted by atomic mass is 9.87. The number of nitrogens with two attached hydrogens (primary N) is 1. The van der Waals surface area contributed by atoms with Gasteiger partial charge in [-0.25, -0.2) is 0 Å². The molecule has 3 nitrogen and oxygen atoms in total. The summed E-state index contributed by atoms with van der Waals surface area (Å²) in [6.07, 6.45) is 5.30. The van der Waals surface area contributed by atoms with Crippen LogP contribution in [0.25, 0.3) is 0 Å². The van der Waals surface area contributed by atoms with E-state index in [-0.39, 0.29) is 6.04 Å². The number of likely N-dealkylation sites (tertiary alicyclic amines) is 1. The molecular formula is C19H30N2O. The second-order valence-corrected chi connectivity index (χ2v) is 7.08. The average Bonchev–Trinajstić information content (AvgIpc) is 2.54. The summed E-state index contributed by atoms with van der Waals surface area (Å²) in [6, 6.07) is 5.18. The van der Waals surface area contributed by atoms with Crippen LogP contribution < -0.4 is 10.5 Å². The summed E-state index contributed by atoms with van der Waals surface area (Å²) in [6.45, 7) is 9.63. The van der Waals surface area contributed by atoms with Gasteiger partial charge in [0.15, 0.2) is 0 Å². The Hall–Kier alpha value is -1.06. The second kappa shape index (κ2) is 6.59. The first-order chi connectivity index (χ1) is 10.6. The highest BCUT2D eigenvalue weighted by atomic mass is 16.5. The molecular weight excluding hydrogens is 272 g/mol. The van der Waals surface area contributed by atoms with Crippen molar-refractivity contribution in [2.24, 2.45) is 11.7 Å². The Kier molecular flexibility index (Phi) is 4.74. The Bertz CT molecular complexity index is 528. The molecule has 0 amide bonds. The molecule has 22 heavy (non-hydrogen) atoms. The molecule has 3 atom stereocenters. The van der Waals surface area contributed by atoms with E-state index in [4.69, 9.17) is 10.5 Å². The van der Waals surface area contributed by atoms with Crippen molar-refractivity contribution >= 4 is 0 Å². The Labute approximate surface area is 134 Å². The topological polar surface area (TPSA) is 38.5 Å². The van der Waals surface area contributed by atoms with Crippen molar-refractivity contribution in [2.75, 3.05) is 19.7 Å². The molecule has 3 unspecified atom stereocenters. The minimum absolute atomic E-state index is 0.0995. The van der Waals surface area contributed by atoms with E-state index < -0.39 is 0 Å². The first kappa shape index (κ1) is 15.8. The maximum Gasteiger partial charge on any atom is 0.127 e. The molecule has 3 heteroatoms. The predicted octanol–water partition coefficient (Wildman–Crippen LogP) is 3.58. The van der Waals surface area contributed by atoms with Crippen LogP contribution >= 0.6 is 0 Å². The molecule has 0 bridgehead atoms. The lowest BCUT2D eigenvalue weighted by Crippen LogP contribution is -2.46. The molecule has 1 fully saturated rings. The molecule has 1 aromatic rings. The molecule has 2 aliphatic rings. The number of rotatable bonds is 3. The summed E-state index contributed by atoms with van der Waals surface area (Å²) in [5, 5.41) is 0. The van der Waals surface area contributed by atoms with Gasteiger partial charge < -0.3 is 10.5 Å². The van der Waals surface area contributed by atoms with Crippen LogP contribution in [0, 0.1) is 19.8 Å². The number of aryl methyl sites for hydroxylation is 1. The maximum absolute atomic E-state index is 6.61. The first-order valence-corrected chi connectivity index (χ1v) is 8.84. The smallest absolute Gasteiger partial charge is 0.127 e. The van der Waals surface area contributed by atoms with Crippen LogP contribution in [0.4, 0.5) is 0 Å². The fraction of sp³-hybridized carbons (Fsp3) is 0.684. The molecule has 0 aromatic heterocycles. The number of benzene rings is 1. The third-order valence-corrected chi connectivity index (χ3v) is 5.71. The van der Waals surface area contributed by atoms with Gasteiger partial charge in [0.25, 0.3) is 0 Å². The van der Waals surface area contributed by atoms with E-state index >= 15 is 0 Å². The third kappa shape index (κ3) is 2.89. The molecule has 0 radical (unpaired) electrons. The Morgan fingerprint density at radius 2 is 2.09 bits per heavy atom. The molecule has 0 spiro atoms. The molecule has 0 aliphatic carbocycles. The average molecular weight is 302 g/mol. The standard InChI is InChI=1S/C19H30N2O/c1-4-16-7-5-6-10-21(16)11-15-12-22-19-14(3)13(2)8-9-17(19)18(15)20/h8-9,15-16,18H,4-7,10-12,20H2,1-3H3. The van der Waals surface area contributed by atoms with Crippen LogP contribution in [0.2, 0.25) is 0 Å². The zero-order valence-corrected chi connectivity index (χ0v) is 14.3. The maximum atomic E-state index is 6.61. The first-order valence-electron chi connectivity index (χ1n) is 8.84. The van der Waals surface area contributed by atoms with E-state index in [0.717, 1.165) is 24.9 Å². The molecule has 122 valence electrons. The van der Waals surface area contributed by atoms with Crippen molar-refractivity contribution in [2.45, 2.75) is 58.5 Å². The van der Waals surface area contributed by atoms with Gasteiger partial charge in [-0.05, 0) is 50.8 Å². The predicted molar refractivity (Wildman–Crippen MR) is 91.3 cm³/mol. The molecule has 2 aliphatic heterocycles. The molecule has 1 aromatic carbocycles. The summed E-state index contributed by atoms with van der Waals surface area (Å²) in [7, 11) is 0. The van der Waals surface area contributed by atoms with Crippen molar-refractivity contribution < 1.29 is 4.74 Å². The minimum Gasteiger partial charge on any atom is -0.493 e. The number of hydrogen-bond acceptors (Lipinski definition) is 3. The zero-order valence-electron chi connectivity index (χ0n) is 14.3. The van der Waals surface area contributed by atoms with Gasteiger partial charge in [-0.1, -0.05) is 25.5 Å². The van der Waals surface area contributed by atoms with Gasteiger partial charge in [0.1, 0.15) is 5.75 Å². The van der Waals surface area contributed by atoms with Crippen molar-refractivity contribution in [1.29, 1.82) is 0 Å². The van der Waals surface area contributed by atoms with Crippen LogP contribution in [-0.4, -0.2) is 30.6 Å². The number of ether oxygens (including phenoxy) is 1. The van der Waals surface area contributed by atoms with Crippen LogP contribution in [0.3, 0.4) is 0 Å². The van der Waals surface area contributed by atoms with E-state index in [9.17, 15) is 0 Å². The van der Waals surface area contributed by atoms with E-state index in [1.54, 1.807) is 0 Å². The summed E-state index contributed by atoms with van der Waals surface area (Å²) in [4.78, 5) is 2.66. The largest absolute Gasteiger partial charge is 0.493 e. The molecule has 1 saturated heterocycles. The number of hydrogen-bond donors (Lipinski definition) is 1. The molecule has 3 rings (SSSR count). The Balaban J connectivity index is 1.75. The van der Waals surface area contributed by atoms with Crippen LogP contribution in [0.15, 0.2) is 12.1 Å². The fourth-order valence-electron chi connectivity index (χ4n) is 4.04. The van der Waals surface area contributed by atoms with Gasteiger partial charge in [0.05, 0.1) is 6.61 Å². The SMILES string of the molecule is CCC1CCCCN1CC1COc2c(ccc(C)c2C)C1N. The van der Waals surface area contributed by atoms with E-state index in [1.807, 2.05) is 0 Å². The highest BCUT2D eigenvalue weighted by Crippen LogP contribution is 2.38. The molecule has 2 N–H and O–H groups in total. The quantitative estimate of drug-likeness (QED) is 0.927. The normalized spacial score (nSPS) is 29.0. The van der Waals surface area contributed by atoms with Gasteiger partial charge in [0, 0.05) is 30.1 Å². The van der Waals surface area contributed by atoms with Crippen molar-refractivity contribution in [1.82, 2.24) is 4.90 Å². The minimum atomic E-state index is 0.0995. The van der Waals surface area contributed by atoms with Gasteiger partial charge in [0.2, 0.25) is 0 Å². The third-order valence-electron chi connectivity index (χ3n) is 5.71. The summed E-state index contributed by atoms with van der Waals surface area (Å²) >= 11 is 0. The number of nitrogens with zero attached hydrogens (tertiary/aromatic N) is 1. The van der Waals surface area contributed by atoms with Gasteiger partial charge >= 0.3 is 0 Å². The highest BCUT2D eigenvalue weighted by Gasteiger charge is 2.32. The Morgan fingerprint density at radius 1 is 1.27 bits per heavy atom. The molecule has 2 heterocycles. The number of fused-ring (bicyclic) bond motifs is 1. The second-order valence-electron chi connectivity index (χ2n) is 7.08. The zero-order chi connectivity index (χ0) is 15.7. The van der Waals surface area contributed by atoms with E-state index in [2.05, 4.69) is 37.8 Å². The Morgan fingerprint density at radius 3 is 2.86 bits per heavy atom. The van der Waals surface area contributed by atoms with Crippen molar-refractivity contribution in [3.8, 4) is 5.75 Å². The van der Waals surface area contributed by atoms with Gasteiger partial charge in [-0.2, -0.15) is 0 Å². The van der Waals surface area contributed by atoms with Crippen LogP contribution in [0.1, 0.15) is 55.3 Å². The number of piperidine rings is 1. The summed E-state index contributed by atoms with van der Waals surface area (Å²) in [5.41, 5.74) is 10.3. The summed E-state index contributed by atoms with van der Waals surface area (Å²) < 4.78 is 6.12. The lowest BCUT2D eigenvalue weighted by Gasteiger charge is -2.40. The molecule has 0 saturated carbocycles. The van der Waals surface area contributed by atoms with Crippen molar-refractivity contribution in [3.63, 3.8) is 0 Å². The van der Waals surface area contributed by atoms with Crippen LogP contribution in [0.5, 0.6) is 5.75 Å².